The molecule has 4 N–H and O–H groups in total. The average molecular weight is 522 g/mol. The first kappa shape index (κ1) is 29.8. The van der Waals surface area contributed by atoms with Crippen molar-refractivity contribution in [3.05, 3.63) is 15.9 Å². The summed E-state index contributed by atoms with van der Waals surface area (Å²) in [6.07, 6.45) is 4.16. The number of esters is 2. The Morgan fingerprint density at radius 2 is 1.81 bits per heavy atom. The van der Waals surface area contributed by atoms with Crippen LogP contribution in [0, 0.1) is 11.3 Å². The van der Waals surface area contributed by atoms with Gasteiger partial charge in [0.15, 0.2) is 0 Å². The van der Waals surface area contributed by atoms with Crippen LogP contribution in [0.1, 0.15) is 71.3 Å². The Morgan fingerprint density at radius 3 is 2.46 bits per heavy atom. The Morgan fingerprint density at radius 1 is 1.08 bits per heavy atom. The van der Waals surface area contributed by atoms with E-state index in [1.807, 2.05) is 0 Å². The van der Waals surface area contributed by atoms with E-state index in [4.69, 9.17) is 4.74 Å². The predicted octanol–water partition coefficient (Wildman–Crippen LogP) is 1.90. The van der Waals surface area contributed by atoms with Gasteiger partial charge >= 0.3 is 11.9 Å². The van der Waals surface area contributed by atoms with Crippen molar-refractivity contribution in [2.75, 3.05) is 31.4 Å². The molecule has 0 fully saturated rings. The van der Waals surface area contributed by atoms with Crippen LogP contribution in [-0.4, -0.2) is 60.5 Å². The predicted molar refractivity (Wildman–Crippen MR) is 137 cm³/mol. The second kappa shape index (κ2) is 13.8. The standard InChI is InChI=1S/C25H39N5O7/c1-25(2,3)23(35)30-24-28-20-16(21(33)29-24)13-15(14-26-20)9-7-6-8-10-18(31)27-17(22(34)37-5)11-12-19(32)36-4/h15,17H,6-14H2,1-5H3,(H,27,31)(H3,26,28,29,30,33,35)/t15?,17-/m1/s1. The number of methoxy groups -OCH3 is 2. The molecule has 0 aromatic carbocycles. The number of nitrogens with one attached hydrogen (secondary N) is 4. The number of fused-ring (bicyclic) bond motifs is 1. The number of rotatable bonds is 12. The number of ether oxygens (including phenoxy) is 2. The van der Waals surface area contributed by atoms with Gasteiger partial charge in [-0.05, 0) is 31.6 Å². The zero-order valence-corrected chi connectivity index (χ0v) is 22.3. The Balaban J connectivity index is 1.76. The van der Waals surface area contributed by atoms with E-state index in [-0.39, 0.29) is 48.5 Å². The van der Waals surface area contributed by atoms with Crippen molar-refractivity contribution >= 4 is 35.5 Å². The fourth-order valence-electron chi connectivity index (χ4n) is 3.91. The number of anilines is 2. The summed E-state index contributed by atoms with van der Waals surface area (Å²) in [7, 11) is 2.49. The highest BCUT2D eigenvalue weighted by Gasteiger charge is 2.26. The molecule has 1 aromatic rings. The van der Waals surface area contributed by atoms with Gasteiger partial charge in [-0.3, -0.25) is 29.5 Å². The molecular weight excluding hydrogens is 482 g/mol. The number of unbranched alkanes of at least 4 members (excludes halogenated alkanes) is 2. The van der Waals surface area contributed by atoms with Gasteiger partial charge in [-0.25, -0.2) is 4.79 Å². The molecule has 0 saturated heterocycles. The summed E-state index contributed by atoms with van der Waals surface area (Å²) in [6, 6.07) is -0.890. The minimum atomic E-state index is -0.890. The van der Waals surface area contributed by atoms with Crippen LogP contribution in [0.15, 0.2) is 4.79 Å². The van der Waals surface area contributed by atoms with Crippen LogP contribution in [0.25, 0.3) is 0 Å². The molecule has 206 valence electrons. The third-order valence-corrected chi connectivity index (χ3v) is 6.18. The maximum absolute atomic E-state index is 12.6. The first-order valence-corrected chi connectivity index (χ1v) is 12.6. The van der Waals surface area contributed by atoms with E-state index < -0.39 is 23.4 Å². The minimum Gasteiger partial charge on any atom is -0.469 e. The number of carbonyl (C=O) groups excluding carboxylic acids is 4. The quantitative estimate of drug-likeness (QED) is 0.237. The van der Waals surface area contributed by atoms with Crippen LogP contribution >= 0.6 is 0 Å². The molecule has 2 heterocycles. The number of hydrogen-bond acceptors (Lipinski definition) is 9. The first-order chi connectivity index (χ1) is 17.4. The molecule has 1 aromatic heterocycles. The summed E-state index contributed by atoms with van der Waals surface area (Å²) < 4.78 is 9.27. The molecule has 0 bridgehead atoms. The molecule has 0 radical (unpaired) electrons. The zero-order valence-electron chi connectivity index (χ0n) is 22.3. The summed E-state index contributed by atoms with van der Waals surface area (Å²) >= 11 is 0. The fourth-order valence-corrected chi connectivity index (χ4v) is 3.91. The van der Waals surface area contributed by atoms with Crippen LogP contribution in [0.2, 0.25) is 0 Å². The molecule has 0 aliphatic carbocycles. The number of nitrogens with zero attached hydrogens (tertiary/aromatic N) is 1. The highest BCUT2D eigenvalue weighted by molar-refractivity contribution is 5.93. The van der Waals surface area contributed by atoms with Gasteiger partial charge in [-0.1, -0.05) is 33.6 Å². The van der Waals surface area contributed by atoms with Crippen LogP contribution in [0.5, 0.6) is 0 Å². The van der Waals surface area contributed by atoms with Crippen molar-refractivity contribution in [3.8, 4) is 0 Å². The molecule has 2 atom stereocenters. The van der Waals surface area contributed by atoms with Gasteiger partial charge in [0.1, 0.15) is 11.9 Å². The van der Waals surface area contributed by atoms with Gasteiger partial charge in [0.05, 0.1) is 19.8 Å². The molecule has 2 rings (SSSR count). The Hall–Kier alpha value is -3.44. The normalized spacial score (nSPS) is 15.5. The number of aromatic amines is 1. The largest absolute Gasteiger partial charge is 0.469 e. The van der Waals surface area contributed by atoms with Gasteiger partial charge in [0.2, 0.25) is 17.8 Å². The van der Waals surface area contributed by atoms with E-state index in [9.17, 15) is 24.0 Å². The summed E-state index contributed by atoms with van der Waals surface area (Å²) in [6.45, 7) is 6.00. The van der Waals surface area contributed by atoms with E-state index in [1.54, 1.807) is 20.8 Å². The Kier molecular flexibility index (Phi) is 11.1. The third kappa shape index (κ3) is 9.51. The Labute approximate surface area is 216 Å². The van der Waals surface area contributed by atoms with E-state index in [0.717, 1.165) is 19.3 Å². The first-order valence-electron chi connectivity index (χ1n) is 12.6. The molecule has 12 heteroatoms. The van der Waals surface area contributed by atoms with Crippen molar-refractivity contribution in [2.24, 2.45) is 11.3 Å². The molecule has 1 aliphatic rings. The summed E-state index contributed by atoms with van der Waals surface area (Å²) in [5, 5.41) is 8.48. The highest BCUT2D eigenvalue weighted by atomic mass is 16.5. The summed E-state index contributed by atoms with van der Waals surface area (Å²) in [5.74, 6) is -0.702. The number of carbonyl (C=O) groups is 4. The number of hydrogen-bond donors (Lipinski definition) is 4. The lowest BCUT2D eigenvalue weighted by Gasteiger charge is -2.25. The van der Waals surface area contributed by atoms with Gasteiger partial charge in [0, 0.05) is 24.8 Å². The molecule has 1 aliphatic heterocycles. The van der Waals surface area contributed by atoms with E-state index in [1.165, 1.54) is 14.2 Å². The van der Waals surface area contributed by atoms with Crippen molar-refractivity contribution in [3.63, 3.8) is 0 Å². The summed E-state index contributed by atoms with van der Waals surface area (Å²) in [5.41, 5.74) is -0.304. The number of amides is 2. The Bertz CT molecular complexity index is 1030. The molecule has 1 unspecified atom stereocenters. The van der Waals surface area contributed by atoms with E-state index in [2.05, 4.69) is 30.7 Å². The SMILES string of the molecule is COC(=O)CC[C@@H](NC(=O)CCCCCC1CNc2nc(NC(=O)C(C)(C)C)[nH]c(=O)c2C1)C(=O)OC. The van der Waals surface area contributed by atoms with Gasteiger partial charge in [-0.2, -0.15) is 4.98 Å². The maximum Gasteiger partial charge on any atom is 0.328 e. The van der Waals surface area contributed by atoms with Crippen LogP contribution in [-0.2, 0) is 35.1 Å². The monoisotopic (exact) mass is 521 g/mol. The van der Waals surface area contributed by atoms with Gasteiger partial charge < -0.3 is 20.1 Å². The molecule has 2 amide bonds. The molecular formula is C25H39N5O7. The van der Waals surface area contributed by atoms with Crippen LogP contribution in [0.3, 0.4) is 0 Å². The summed E-state index contributed by atoms with van der Waals surface area (Å²) in [4.78, 5) is 67.2. The molecule has 37 heavy (non-hydrogen) atoms. The maximum atomic E-state index is 12.6. The smallest absolute Gasteiger partial charge is 0.328 e. The number of aromatic nitrogens is 2. The van der Waals surface area contributed by atoms with Crippen molar-refractivity contribution in [1.29, 1.82) is 0 Å². The highest BCUT2D eigenvalue weighted by Crippen LogP contribution is 2.25. The average Bonchev–Trinajstić information content (AvgIpc) is 2.85. The lowest BCUT2D eigenvalue weighted by atomic mass is 9.91. The second-order valence-electron chi connectivity index (χ2n) is 10.3. The lowest BCUT2D eigenvalue weighted by molar-refractivity contribution is -0.146. The van der Waals surface area contributed by atoms with Gasteiger partial charge in [-0.15, -0.1) is 0 Å². The molecule has 0 saturated carbocycles. The zero-order chi connectivity index (χ0) is 27.6. The molecule has 12 nitrogen and oxygen atoms in total. The van der Waals surface area contributed by atoms with E-state index >= 15 is 0 Å². The second-order valence-corrected chi connectivity index (χ2v) is 10.3. The van der Waals surface area contributed by atoms with Crippen molar-refractivity contribution in [2.45, 2.75) is 78.2 Å². The third-order valence-electron chi connectivity index (χ3n) is 6.18. The van der Waals surface area contributed by atoms with Crippen molar-refractivity contribution in [1.82, 2.24) is 15.3 Å². The number of H-pyrrole nitrogens is 1. The van der Waals surface area contributed by atoms with Crippen LogP contribution < -0.4 is 21.5 Å². The van der Waals surface area contributed by atoms with Gasteiger partial charge in [0.25, 0.3) is 5.56 Å². The topological polar surface area (TPSA) is 169 Å². The lowest BCUT2D eigenvalue weighted by Crippen LogP contribution is -2.41. The van der Waals surface area contributed by atoms with E-state index in [0.29, 0.717) is 30.8 Å². The molecule has 0 spiro atoms. The fraction of sp³-hybridized carbons (Fsp3) is 0.680. The minimum absolute atomic E-state index is 0.000318. The van der Waals surface area contributed by atoms with Crippen molar-refractivity contribution < 1.29 is 28.7 Å². The van der Waals surface area contributed by atoms with Crippen LogP contribution in [0.4, 0.5) is 11.8 Å².